The summed E-state index contributed by atoms with van der Waals surface area (Å²) >= 11 is 0. The smallest absolute Gasteiger partial charge is 0.136 e. The Morgan fingerprint density at radius 1 is 0.913 bits per heavy atom. The molecule has 0 bridgehead atoms. The predicted molar refractivity (Wildman–Crippen MR) is 93.6 cm³/mol. The van der Waals surface area contributed by atoms with Crippen molar-refractivity contribution in [3.63, 3.8) is 0 Å². The average molecular weight is 304 g/mol. The summed E-state index contributed by atoms with van der Waals surface area (Å²) in [7, 11) is 0. The van der Waals surface area contributed by atoms with Gasteiger partial charge in [-0.3, -0.25) is 4.79 Å². The third-order valence-electron chi connectivity index (χ3n) is 6.07. The van der Waals surface area contributed by atoms with E-state index >= 15 is 0 Å². The molecule has 2 aliphatic carbocycles. The number of carbonyl (C=O) groups is 1. The van der Waals surface area contributed by atoms with Crippen molar-refractivity contribution >= 4 is 5.78 Å². The van der Waals surface area contributed by atoms with E-state index in [9.17, 15) is 4.79 Å². The van der Waals surface area contributed by atoms with E-state index in [-0.39, 0.29) is 11.3 Å². The fourth-order valence-corrected chi connectivity index (χ4v) is 4.92. The van der Waals surface area contributed by atoms with Crippen molar-refractivity contribution in [3.8, 4) is 0 Å². The summed E-state index contributed by atoms with van der Waals surface area (Å²) in [5.41, 5.74) is 4.39. The van der Waals surface area contributed by atoms with Crippen LogP contribution in [0.15, 0.2) is 54.6 Å². The predicted octanol–water partition coefficient (Wildman–Crippen LogP) is 5.31. The maximum atomic E-state index is 12.7. The molecular weight excluding hydrogens is 280 g/mol. The zero-order valence-corrected chi connectivity index (χ0v) is 14.0. The Hall–Kier alpha value is -1.89. The average Bonchev–Trinajstić information content (AvgIpc) is 2.58. The van der Waals surface area contributed by atoms with Crippen LogP contribution >= 0.6 is 0 Å². The van der Waals surface area contributed by atoms with Gasteiger partial charge in [-0.05, 0) is 40.9 Å². The van der Waals surface area contributed by atoms with E-state index in [2.05, 4.69) is 68.4 Å². The van der Waals surface area contributed by atoms with Gasteiger partial charge in [-0.25, -0.2) is 0 Å². The van der Waals surface area contributed by atoms with Crippen LogP contribution in [0.4, 0.5) is 0 Å². The molecular formula is C22H24O. The van der Waals surface area contributed by atoms with E-state index in [4.69, 9.17) is 0 Å². The molecule has 1 saturated carbocycles. The lowest BCUT2D eigenvalue weighted by atomic mass is 9.54. The summed E-state index contributed by atoms with van der Waals surface area (Å²) in [6.07, 6.45) is 2.73. The quantitative estimate of drug-likeness (QED) is 0.697. The Morgan fingerprint density at radius 2 is 1.57 bits per heavy atom. The molecule has 1 nitrogen and oxygen atoms in total. The summed E-state index contributed by atoms with van der Waals surface area (Å²) in [5.74, 6) is 1.38. The summed E-state index contributed by atoms with van der Waals surface area (Å²) in [6.45, 7) is 4.69. The highest BCUT2D eigenvalue weighted by Crippen LogP contribution is 2.56. The summed E-state index contributed by atoms with van der Waals surface area (Å²) < 4.78 is 0. The highest BCUT2D eigenvalue weighted by atomic mass is 16.1. The maximum absolute atomic E-state index is 12.7. The van der Waals surface area contributed by atoms with Crippen LogP contribution in [0.5, 0.6) is 0 Å². The second kappa shape index (κ2) is 5.33. The van der Waals surface area contributed by atoms with Crippen LogP contribution < -0.4 is 0 Å². The molecule has 1 heteroatoms. The van der Waals surface area contributed by atoms with Crippen molar-refractivity contribution in [2.45, 2.75) is 44.9 Å². The lowest BCUT2D eigenvalue weighted by Gasteiger charge is -2.48. The summed E-state index contributed by atoms with van der Waals surface area (Å²) in [4.78, 5) is 12.7. The van der Waals surface area contributed by atoms with Crippen LogP contribution in [0, 0.1) is 11.3 Å². The molecule has 1 fully saturated rings. The maximum Gasteiger partial charge on any atom is 0.136 e. The minimum atomic E-state index is 0.179. The second-order valence-corrected chi connectivity index (χ2v) is 7.87. The zero-order valence-electron chi connectivity index (χ0n) is 14.0. The van der Waals surface area contributed by atoms with Crippen LogP contribution in [-0.4, -0.2) is 5.78 Å². The first-order valence-corrected chi connectivity index (χ1v) is 8.74. The van der Waals surface area contributed by atoms with Crippen LogP contribution in [0.3, 0.4) is 0 Å². The lowest BCUT2D eigenvalue weighted by Crippen LogP contribution is -2.42. The van der Waals surface area contributed by atoms with Crippen molar-refractivity contribution in [2.75, 3.05) is 0 Å². The van der Waals surface area contributed by atoms with Gasteiger partial charge in [0.1, 0.15) is 5.78 Å². The molecule has 0 aromatic heterocycles. The molecule has 0 aliphatic heterocycles. The first-order chi connectivity index (χ1) is 11.1. The molecule has 2 aliphatic rings. The number of hydrogen-bond acceptors (Lipinski definition) is 1. The van der Waals surface area contributed by atoms with Gasteiger partial charge in [-0.15, -0.1) is 0 Å². The first kappa shape index (κ1) is 14.7. The third kappa shape index (κ3) is 2.34. The Bertz CT molecular complexity index is 729. The Balaban J connectivity index is 1.88. The third-order valence-corrected chi connectivity index (χ3v) is 6.07. The molecule has 118 valence electrons. The van der Waals surface area contributed by atoms with Crippen LogP contribution in [0.2, 0.25) is 0 Å². The van der Waals surface area contributed by atoms with Crippen molar-refractivity contribution in [2.24, 2.45) is 11.3 Å². The summed E-state index contributed by atoms with van der Waals surface area (Å²) in [6, 6.07) is 19.5. The van der Waals surface area contributed by atoms with Crippen molar-refractivity contribution in [3.05, 3.63) is 71.3 Å². The van der Waals surface area contributed by atoms with Crippen molar-refractivity contribution in [1.29, 1.82) is 0 Å². The molecule has 2 aromatic carbocycles. The van der Waals surface area contributed by atoms with Crippen LogP contribution in [0.25, 0.3) is 0 Å². The van der Waals surface area contributed by atoms with Gasteiger partial charge < -0.3 is 0 Å². The molecule has 0 unspecified atom stereocenters. The fraction of sp³-hybridized carbons (Fsp3) is 0.409. The molecule has 0 heterocycles. The van der Waals surface area contributed by atoms with E-state index in [0.717, 1.165) is 19.3 Å². The van der Waals surface area contributed by atoms with Gasteiger partial charge in [-0.1, -0.05) is 68.4 Å². The topological polar surface area (TPSA) is 17.1 Å². The SMILES string of the molecule is CC1(C)CCC(=O)[C@@H]2C[C@@H](c3ccccc3)c3ccccc3[C@H]21. The van der Waals surface area contributed by atoms with Gasteiger partial charge in [0.2, 0.25) is 0 Å². The van der Waals surface area contributed by atoms with Crippen molar-refractivity contribution in [1.82, 2.24) is 0 Å². The summed E-state index contributed by atoms with van der Waals surface area (Å²) in [5, 5.41) is 0. The van der Waals surface area contributed by atoms with E-state index in [1.807, 2.05) is 0 Å². The number of carbonyl (C=O) groups excluding carboxylic acids is 1. The zero-order chi connectivity index (χ0) is 16.0. The first-order valence-electron chi connectivity index (χ1n) is 8.74. The highest BCUT2D eigenvalue weighted by Gasteiger charge is 2.48. The normalized spacial score (nSPS) is 28.8. The highest BCUT2D eigenvalue weighted by molar-refractivity contribution is 5.84. The number of hydrogen-bond donors (Lipinski definition) is 0. The van der Waals surface area contributed by atoms with E-state index in [1.165, 1.54) is 16.7 Å². The van der Waals surface area contributed by atoms with Gasteiger partial charge in [0.25, 0.3) is 0 Å². The van der Waals surface area contributed by atoms with Gasteiger partial charge in [0.15, 0.2) is 0 Å². The van der Waals surface area contributed by atoms with Gasteiger partial charge in [0.05, 0.1) is 0 Å². The van der Waals surface area contributed by atoms with Gasteiger partial charge in [0, 0.05) is 18.3 Å². The Kier molecular flexibility index (Phi) is 3.41. The monoisotopic (exact) mass is 304 g/mol. The standard InChI is InChI=1S/C22H24O/c1-22(2)13-12-20(23)19-14-18(15-8-4-3-5-9-15)16-10-6-7-11-17(16)21(19)22/h3-11,18-19,21H,12-14H2,1-2H3/t18-,19-,21+/m0/s1. The van der Waals surface area contributed by atoms with E-state index in [0.29, 0.717) is 17.6 Å². The molecule has 0 radical (unpaired) electrons. The molecule has 0 spiro atoms. The lowest BCUT2D eigenvalue weighted by molar-refractivity contribution is -0.129. The number of Topliss-reactive ketones (excluding diaryl/α,β-unsaturated/α-hetero) is 1. The van der Waals surface area contributed by atoms with Crippen LogP contribution in [-0.2, 0) is 4.79 Å². The molecule has 3 atom stereocenters. The van der Waals surface area contributed by atoms with Crippen LogP contribution in [0.1, 0.15) is 61.6 Å². The molecule has 23 heavy (non-hydrogen) atoms. The van der Waals surface area contributed by atoms with Gasteiger partial charge >= 0.3 is 0 Å². The number of benzene rings is 2. The number of fused-ring (bicyclic) bond motifs is 3. The molecule has 2 aromatic rings. The number of ketones is 1. The second-order valence-electron chi connectivity index (χ2n) is 7.87. The van der Waals surface area contributed by atoms with E-state index in [1.54, 1.807) is 0 Å². The van der Waals surface area contributed by atoms with Gasteiger partial charge in [-0.2, -0.15) is 0 Å². The fourth-order valence-electron chi connectivity index (χ4n) is 4.92. The van der Waals surface area contributed by atoms with E-state index < -0.39 is 0 Å². The Labute approximate surface area is 138 Å². The molecule has 0 N–H and O–H groups in total. The largest absolute Gasteiger partial charge is 0.299 e. The van der Waals surface area contributed by atoms with Crippen molar-refractivity contribution < 1.29 is 4.79 Å². The molecule has 4 rings (SSSR count). The number of rotatable bonds is 1. The molecule has 0 amide bonds. The molecule has 0 saturated heterocycles. The minimum absolute atomic E-state index is 0.179. The minimum Gasteiger partial charge on any atom is -0.299 e. The Morgan fingerprint density at radius 3 is 2.30 bits per heavy atom.